The Labute approximate surface area is 116 Å². The van der Waals surface area contributed by atoms with Gasteiger partial charge >= 0.3 is 0 Å². The largest absolute Gasteiger partial charge is 0.497 e. The number of methoxy groups -OCH3 is 1. The van der Waals surface area contributed by atoms with E-state index in [2.05, 4.69) is 0 Å². The SMILES string of the molecule is COc1cccc(Oc2ccc(S(=O)(=O)Cl)cc2)c1. The van der Waals surface area contributed by atoms with E-state index in [1.165, 1.54) is 24.3 Å². The second-order valence-corrected chi connectivity index (χ2v) is 6.26. The van der Waals surface area contributed by atoms with E-state index in [0.29, 0.717) is 17.2 Å². The zero-order valence-electron chi connectivity index (χ0n) is 10.0. The first-order chi connectivity index (χ1) is 8.99. The zero-order valence-corrected chi connectivity index (χ0v) is 11.6. The summed E-state index contributed by atoms with van der Waals surface area (Å²) >= 11 is 0. The molecule has 0 aliphatic heterocycles. The number of halogens is 1. The zero-order chi connectivity index (χ0) is 13.9. The van der Waals surface area contributed by atoms with Gasteiger partial charge in [0.1, 0.15) is 17.2 Å². The molecule has 0 aliphatic rings. The van der Waals surface area contributed by atoms with E-state index >= 15 is 0 Å². The molecule has 0 fully saturated rings. The standard InChI is InChI=1S/C13H11ClO4S/c1-17-11-3-2-4-12(9-11)18-10-5-7-13(8-6-10)19(14,15)16/h2-9H,1H3. The highest BCUT2D eigenvalue weighted by Crippen LogP contribution is 2.26. The van der Waals surface area contributed by atoms with Gasteiger partial charge in [-0.2, -0.15) is 0 Å². The van der Waals surface area contributed by atoms with Gasteiger partial charge in [-0.15, -0.1) is 0 Å². The predicted octanol–water partition coefficient (Wildman–Crippen LogP) is 3.42. The molecule has 2 rings (SSSR count). The highest BCUT2D eigenvalue weighted by molar-refractivity contribution is 8.13. The maximum atomic E-state index is 11.1. The first kappa shape index (κ1) is 13.7. The van der Waals surface area contributed by atoms with Crippen molar-refractivity contribution in [3.05, 3.63) is 48.5 Å². The third-order valence-corrected chi connectivity index (χ3v) is 3.75. The van der Waals surface area contributed by atoms with Crippen LogP contribution in [0.3, 0.4) is 0 Å². The van der Waals surface area contributed by atoms with Crippen molar-refractivity contribution in [1.82, 2.24) is 0 Å². The maximum absolute atomic E-state index is 11.1. The summed E-state index contributed by atoms with van der Waals surface area (Å²) in [6, 6.07) is 12.9. The number of ether oxygens (including phenoxy) is 2. The van der Waals surface area contributed by atoms with Crippen molar-refractivity contribution in [2.45, 2.75) is 4.90 Å². The number of hydrogen-bond donors (Lipinski definition) is 0. The van der Waals surface area contributed by atoms with Gasteiger partial charge in [-0.25, -0.2) is 8.42 Å². The topological polar surface area (TPSA) is 52.6 Å². The Morgan fingerprint density at radius 1 is 0.947 bits per heavy atom. The molecule has 0 amide bonds. The molecule has 6 heteroatoms. The molecule has 0 bridgehead atoms. The summed E-state index contributed by atoms with van der Waals surface area (Å²) in [5.41, 5.74) is 0. The second-order valence-electron chi connectivity index (χ2n) is 3.69. The Morgan fingerprint density at radius 3 is 2.16 bits per heavy atom. The lowest BCUT2D eigenvalue weighted by Gasteiger charge is -2.07. The molecule has 2 aromatic carbocycles. The van der Waals surface area contributed by atoms with Gasteiger partial charge in [-0.3, -0.25) is 0 Å². The molecule has 2 aromatic rings. The Kier molecular flexibility index (Phi) is 3.97. The molecule has 100 valence electrons. The first-order valence-electron chi connectivity index (χ1n) is 5.36. The summed E-state index contributed by atoms with van der Waals surface area (Å²) < 4.78 is 32.8. The van der Waals surface area contributed by atoms with E-state index in [9.17, 15) is 8.42 Å². The van der Waals surface area contributed by atoms with E-state index in [1.54, 1.807) is 31.4 Å². The minimum Gasteiger partial charge on any atom is -0.497 e. The average molecular weight is 299 g/mol. The number of hydrogen-bond acceptors (Lipinski definition) is 4. The Morgan fingerprint density at radius 2 is 1.58 bits per heavy atom. The molecule has 0 N–H and O–H groups in total. The van der Waals surface area contributed by atoms with Crippen molar-refractivity contribution in [2.24, 2.45) is 0 Å². The third kappa shape index (κ3) is 3.62. The minimum absolute atomic E-state index is 0.0344. The van der Waals surface area contributed by atoms with Gasteiger partial charge in [0.2, 0.25) is 0 Å². The normalized spacial score (nSPS) is 11.1. The molecule has 0 aliphatic carbocycles. The summed E-state index contributed by atoms with van der Waals surface area (Å²) in [6.45, 7) is 0. The quantitative estimate of drug-likeness (QED) is 0.812. The van der Waals surface area contributed by atoms with Crippen LogP contribution in [0.4, 0.5) is 0 Å². The summed E-state index contributed by atoms with van der Waals surface area (Å²) in [5.74, 6) is 1.79. The van der Waals surface area contributed by atoms with Gasteiger partial charge in [0.15, 0.2) is 0 Å². The first-order valence-corrected chi connectivity index (χ1v) is 7.66. The van der Waals surface area contributed by atoms with Crippen LogP contribution >= 0.6 is 10.7 Å². The van der Waals surface area contributed by atoms with Gasteiger partial charge in [0.05, 0.1) is 12.0 Å². The van der Waals surface area contributed by atoms with Crippen molar-refractivity contribution < 1.29 is 17.9 Å². The van der Waals surface area contributed by atoms with E-state index in [1.807, 2.05) is 0 Å². The molecule has 19 heavy (non-hydrogen) atoms. The predicted molar refractivity (Wildman–Crippen MR) is 72.5 cm³/mol. The second kappa shape index (κ2) is 5.50. The molecule has 0 saturated carbocycles. The smallest absolute Gasteiger partial charge is 0.261 e. The van der Waals surface area contributed by atoms with Crippen molar-refractivity contribution in [3.8, 4) is 17.2 Å². The highest BCUT2D eigenvalue weighted by atomic mass is 35.7. The fourth-order valence-corrected chi connectivity index (χ4v) is 2.24. The molecule has 0 heterocycles. The Hall–Kier alpha value is -1.72. The van der Waals surface area contributed by atoms with E-state index in [0.717, 1.165) is 0 Å². The van der Waals surface area contributed by atoms with Gasteiger partial charge in [0, 0.05) is 16.7 Å². The van der Waals surface area contributed by atoms with Crippen molar-refractivity contribution >= 4 is 19.7 Å². The van der Waals surface area contributed by atoms with Gasteiger partial charge in [-0.1, -0.05) is 6.07 Å². The van der Waals surface area contributed by atoms with Crippen LogP contribution in [0.15, 0.2) is 53.4 Å². The third-order valence-electron chi connectivity index (χ3n) is 2.38. The molecule has 0 spiro atoms. The molecule has 0 radical (unpaired) electrons. The van der Waals surface area contributed by atoms with Crippen LogP contribution in [-0.2, 0) is 9.05 Å². The molecular weight excluding hydrogens is 288 g/mol. The summed E-state index contributed by atoms with van der Waals surface area (Å²) in [7, 11) is 3.09. The van der Waals surface area contributed by atoms with Crippen LogP contribution in [0.1, 0.15) is 0 Å². The van der Waals surface area contributed by atoms with E-state index in [4.69, 9.17) is 20.2 Å². The molecule has 0 unspecified atom stereocenters. The summed E-state index contributed by atoms with van der Waals surface area (Å²) in [4.78, 5) is 0.0344. The van der Waals surface area contributed by atoms with Crippen LogP contribution < -0.4 is 9.47 Å². The highest BCUT2D eigenvalue weighted by Gasteiger charge is 2.09. The lowest BCUT2D eigenvalue weighted by molar-refractivity contribution is 0.409. The fraction of sp³-hybridized carbons (Fsp3) is 0.0769. The van der Waals surface area contributed by atoms with E-state index in [-0.39, 0.29) is 4.90 Å². The van der Waals surface area contributed by atoms with Crippen LogP contribution in [-0.4, -0.2) is 15.5 Å². The number of benzene rings is 2. The van der Waals surface area contributed by atoms with Gasteiger partial charge in [-0.05, 0) is 36.4 Å². The maximum Gasteiger partial charge on any atom is 0.261 e. The van der Waals surface area contributed by atoms with Gasteiger partial charge in [0.25, 0.3) is 9.05 Å². The summed E-state index contributed by atoms with van der Waals surface area (Å²) in [6.07, 6.45) is 0. The molecule has 0 aromatic heterocycles. The lowest BCUT2D eigenvalue weighted by Crippen LogP contribution is -1.91. The Bertz CT molecular complexity index is 665. The monoisotopic (exact) mass is 298 g/mol. The molecule has 4 nitrogen and oxygen atoms in total. The van der Waals surface area contributed by atoms with Crippen LogP contribution in [0.25, 0.3) is 0 Å². The molecule has 0 atom stereocenters. The average Bonchev–Trinajstić information content (AvgIpc) is 2.38. The lowest BCUT2D eigenvalue weighted by atomic mass is 10.3. The molecular formula is C13H11ClO4S. The van der Waals surface area contributed by atoms with Crippen molar-refractivity contribution in [3.63, 3.8) is 0 Å². The van der Waals surface area contributed by atoms with Crippen LogP contribution in [0, 0.1) is 0 Å². The van der Waals surface area contributed by atoms with E-state index < -0.39 is 9.05 Å². The van der Waals surface area contributed by atoms with Crippen LogP contribution in [0.2, 0.25) is 0 Å². The fourth-order valence-electron chi connectivity index (χ4n) is 1.47. The van der Waals surface area contributed by atoms with Crippen molar-refractivity contribution in [1.29, 1.82) is 0 Å². The minimum atomic E-state index is -3.71. The van der Waals surface area contributed by atoms with Crippen molar-refractivity contribution in [2.75, 3.05) is 7.11 Å². The van der Waals surface area contributed by atoms with Gasteiger partial charge < -0.3 is 9.47 Å². The Balaban J connectivity index is 2.19. The number of rotatable bonds is 4. The molecule has 0 saturated heterocycles. The summed E-state index contributed by atoms with van der Waals surface area (Å²) in [5, 5.41) is 0. The van der Waals surface area contributed by atoms with Crippen LogP contribution in [0.5, 0.6) is 17.2 Å².